The molecule has 0 aromatic heterocycles. The number of carbonyl (C=O) groups is 6. The highest BCUT2D eigenvalue weighted by atomic mass is 31.1. The van der Waals surface area contributed by atoms with Gasteiger partial charge in [-0.05, 0) is 20.8 Å². The van der Waals surface area contributed by atoms with Crippen molar-refractivity contribution in [3.05, 3.63) is 0 Å². The minimum atomic E-state index is -2.48. The smallest absolute Gasteiger partial charge is 0.329 e. The lowest BCUT2D eigenvalue weighted by Gasteiger charge is -2.24. The molecule has 0 N–H and O–H groups in total. The Balaban J connectivity index is 3.21. The van der Waals surface area contributed by atoms with E-state index in [0.29, 0.717) is 5.06 Å². The van der Waals surface area contributed by atoms with Gasteiger partial charge in [-0.15, -0.1) is 5.06 Å². The zero-order valence-corrected chi connectivity index (χ0v) is 20.4. The summed E-state index contributed by atoms with van der Waals surface area (Å²) in [5.41, 5.74) is -4.12. The molecule has 32 heavy (non-hydrogen) atoms. The highest BCUT2D eigenvalue weighted by Crippen LogP contribution is 2.51. The summed E-state index contributed by atoms with van der Waals surface area (Å²) in [5, 5.41) is 0.559. The average molecular weight is 475 g/mol. The topological polar surface area (TPSA) is 143 Å². The number of amides is 1. The number of hydroxylamine groups is 2. The Kier molecular flexibility index (Phi) is 9.06. The molecule has 1 amide bonds. The predicted octanol–water partition coefficient (Wildman–Crippen LogP) is 2.06. The predicted molar refractivity (Wildman–Crippen MR) is 110 cm³/mol. The standard InChI is InChI=1S/C20H30NO10P/c1-11(22)30-14-9-13(16(25)21(14)31-12(2)23)32(17(26)15(24)19(3,4)5)29-10-28-18(27)20(6,7)8/h13-14H,9-10H2,1-8H3. The summed E-state index contributed by atoms with van der Waals surface area (Å²) in [6.45, 7) is 10.9. The van der Waals surface area contributed by atoms with Crippen LogP contribution in [0.4, 0.5) is 0 Å². The van der Waals surface area contributed by atoms with Crippen LogP contribution in [0.25, 0.3) is 0 Å². The fourth-order valence-electron chi connectivity index (χ4n) is 2.47. The minimum Gasteiger partial charge on any atom is -0.438 e. The molecule has 1 heterocycles. The van der Waals surface area contributed by atoms with E-state index in [-0.39, 0.29) is 6.42 Å². The van der Waals surface area contributed by atoms with Crippen molar-refractivity contribution < 1.29 is 47.6 Å². The summed E-state index contributed by atoms with van der Waals surface area (Å²) in [4.78, 5) is 78.2. The van der Waals surface area contributed by atoms with E-state index in [1.54, 1.807) is 20.8 Å². The monoisotopic (exact) mass is 475 g/mol. The lowest BCUT2D eigenvalue weighted by molar-refractivity contribution is -0.225. The Morgan fingerprint density at radius 3 is 1.97 bits per heavy atom. The fourth-order valence-corrected chi connectivity index (χ4v) is 4.43. The highest BCUT2D eigenvalue weighted by molar-refractivity contribution is 7.75. The summed E-state index contributed by atoms with van der Waals surface area (Å²) in [7, 11) is -2.48. The first-order chi connectivity index (χ1) is 14.5. The third-order valence-electron chi connectivity index (χ3n) is 4.07. The second kappa shape index (κ2) is 10.5. The van der Waals surface area contributed by atoms with Gasteiger partial charge in [0.1, 0.15) is 8.15 Å². The average Bonchev–Trinajstić information content (AvgIpc) is 2.90. The van der Waals surface area contributed by atoms with Crippen LogP contribution in [-0.4, -0.2) is 58.9 Å². The molecule has 0 aromatic rings. The van der Waals surface area contributed by atoms with Crippen molar-refractivity contribution in [2.45, 2.75) is 73.7 Å². The molecule has 3 unspecified atom stereocenters. The van der Waals surface area contributed by atoms with Gasteiger partial charge in [-0.1, -0.05) is 20.8 Å². The van der Waals surface area contributed by atoms with Gasteiger partial charge in [-0.3, -0.25) is 28.8 Å². The van der Waals surface area contributed by atoms with Crippen molar-refractivity contribution in [3.8, 4) is 0 Å². The number of ether oxygens (including phenoxy) is 2. The molecule has 0 spiro atoms. The van der Waals surface area contributed by atoms with Crippen molar-refractivity contribution in [1.29, 1.82) is 0 Å². The Labute approximate surface area is 187 Å². The quantitative estimate of drug-likeness (QED) is 0.221. The van der Waals surface area contributed by atoms with E-state index in [1.165, 1.54) is 20.8 Å². The molecule has 180 valence electrons. The molecule has 1 saturated heterocycles. The molecule has 1 aliphatic heterocycles. The van der Waals surface area contributed by atoms with E-state index >= 15 is 0 Å². The normalized spacial score (nSPS) is 19.9. The maximum Gasteiger partial charge on any atom is 0.329 e. The molecule has 0 saturated carbocycles. The van der Waals surface area contributed by atoms with Gasteiger partial charge in [0.15, 0.2) is 6.79 Å². The second-order valence-corrected chi connectivity index (χ2v) is 11.1. The molecule has 1 aliphatic rings. The highest BCUT2D eigenvalue weighted by Gasteiger charge is 2.52. The van der Waals surface area contributed by atoms with Crippen LogP contribution in [0.1, 0.15) is 61.8 Å². The number of esters is 2. The van der Waals surface area contributed by atoms with Crippen LogP contribution in [-0.2, 0) is 47.6 Å². The van der Waals surface area contributed by atoms with E-state index in [0.717, 1.165) is 13.8 Å². The van der Waals surface area contributed by atoms with Gasteiger partial charge in [0.25, 0.3) is 5.91 Å². The number of rotatable bonds is 8. The van der Waals surface area contributed by atoms with Gasteiger partial charge in [0, 0.05) is 25.7 Å². The maximum atomic E-state index is 13.0. The molecule has 3 atom stereocenters. The van der Waals surface area contributed by atoms with Gasteiger partial charge < -0.3 is 18.8 Å². The van der Waals surface area contributed by atoms with Crippen molar-refractivity contribution >= 4 is 43.3 Å². The number of nitrogens with zero attached hydrogens (tertiary/aromatic N) is 1. The number of ketones is 1. The number of hydrogen-bond donors (Lipinski definition) is 0. The lowest BCUT2D eigenvalue weighted by Crippen LogP contribution is -2.38. The summed E-state index contributed by atoms with van der Waals surface area (Å²) in [5.74, 6) is -3.86. The van der Waals surface area contributed by atoms with Gasteiger partial charge in [0.2, 0.25) is 17.5 Å². The van der Waals surface area contributed by atoms with Crippen molar-refractivity contribution in [1.82, 2.24) is 5.06 Å². The van der Waals surface area contributed by atoms with Crippen LogP contribution in [0.3, 0.4) is 0 Å². The van der Waals surface area contributed by atoms with Crippen LogP contribution in [0, 0.1) is 10.8 Å². The number of carbonyl (C=O) groups excluding carboxylic acids is 6. The summed E-state index contributed by atoms with van der Waals surface area (Å²) >= 11 is 0. The molecule has 0 radical (unpaired) electrons. The molecule has 0 aromatic carbocycles. The molecule has 12 heteroatoms. The molecule has 0 bridgehead atoms. The Bertz CT molecular complexity index is 795. The minimum absolute atomic E-state index is 0.256. The first-order valence-corrected chi connectivity index (χ1v) is 11.2. The van der Waals surface area contributed by atoms with Crippen molar-refractivity contribution in [2.75, 3.05) is 6.79 Å². The Morgan fingerprint density at radius 2 is 1.53 bits per heavy atom. The molecule has 1 rings (SSSR count). The SMILES string of the molecule is CC(=O)OC1CC(P(OCOC(=O)C(C)(C)C)C(=O)C(=O)C(C)(C)C)C(=O)N1OC(C)=O. The van der Waals surface area contributed by atoms with Gasteiger partial charge >= 0.3 is 17.9 Å². The van der Waals surface area contributed by atoms with Crippen molar-refractivity contribution in [2.24, 2.45) is 10.8 Å². The molecule has 11 nitrogen and oxygen atoms in total. The zero-order chi connectivity index (χ0) is 25.0. The van der Waals surface area contributed by atoms with Gasteiger partial charge in [0.05, 0.1) is 11.1 Å². The maximum absolute atomic E-state index is 13.0. The molecule has 0 aliphatic carbocycles. The molecular formula is C20H30NO10P. The lowest BCUT2D eigenvalue weighted by atomic mass is 9.92. The second-order valence-electron chi connectivity index (χ2n) is 9.20. The van der Waals surface area contributed by atoms with E-state index in [1.807, 2.05) is 0 Å². The van der Waals surface area contributed by atoms with Crippen LogP contribution < -0.4 is 0 Å². The number of hydrogen-bond acceptors (Lipinski definition) is 10. The third-order valence-corrected chi connectivity index (χ3v) is 6.06. The third kappa shape index (κ3) is 7.34. The van der Waals surface area contributed by atoms with Crippen LogP contribution in [0.15, 0.2) is 0 Å². The largest absolute Gasteiger partial charge is 0.438 e. The van der Waals surface area contributed by atoms with Crippen molar-refractivity contribution in [3.63, 3.8) is 0 Å². The molecular weight excluding hydrogens is 445 g/mol. The molecule has 1 fully saturated rings. The van der Waals surface area contributed by atoms with E-state index in [2.05, 4.69) is 0 Å². The van der Waals surface area contributed by atoms with Crippen LogP contribution >= 0.6 is 8.15 Å². The van der Waals surface area contributed by atoms with E-state index in [4.69, 9.17) is 18.8 Å². The van der Waals surface area contributed by atoms with Gasteiger partial charge in [-0.25, -0.2) is 0 Å². The summed E-state index contributed by atoms with van der Waals surface area (Å²) < 4.78 is 15.5. The zero-order valence-electron chi connectivity index (χ0n) is 19.5. The fraction of sp³-hybridized carbons (Fsp3) is 0.700. The first-order valence-electron chi connectivity index (χ1n) is 9.83. The number of Topliss-reactive ketones (excluding diaryl/α,β-unsaturated/α-hetero) is 1. The van der Waals surface area contributed by atoms with Crippen LogP contribution in [0.2, 0.25) is 0 Å². The summed E-state index contributed by atoms with van der Waals surface area (Å²) in [6, 6.07) is 0. The first kappa shape index (κ1) is 27.6. The summed E-state index contributed by atoms with van der Waals surface area (Å²) in [6.07, 6.45) is -1.55. The Hall–Kier alpha value is -2.39. The van der Waals surface area contributed by atoms with E-state index < -0.39 is 72.8 Å². The Morgan fingerprint density at radius 1 is 0.969 bits per heavy atom. The van der Waals surface area contributed by atoms with Crippen LogP contribution in [0.5, 0.6) is 0 Å². The van der Waals surface area contributed by atoms with Gasteiger partial charge in [-0.2, -0.15) is 0 Å². The van der Waals surface area contributed by atoms with E-state index in [9.17, 15) is 28.8 Å².